The fraction of sp³-hybridized carbons (Fsp3) is 0.231. The van der Waals surface area contributed by atoms with Crippen LogP contribution in [0, 0.1) is 6.42 Å². The van der Waals surface area contributed by atoms with Gasteiger partial charge in [-0.1, -0.05) is 17.7 Å². The molecule has 2 aromatic carbocycles. The molecule has 171 valence electrons. The molecular weight excluding hydrogens is 450 g/mol. The molecule has 34 heavy (non-hydrogen) atoms. The van der Waals surface area contributed by atoms with Gasteiger partial charge < -0.3 is 19.7 Å². The molecule has 1 unspecified atom stereocenters. The van der Waals surface area contributed by atoms with Crippen molar-refractivity contribution in [3.8, 4) is 11.5 Å². The van der Waals surface area contributed by atoms with Gasteiger partial charge in [-0.15, -0.1) is 0 Å². The first-order valence-corrected chi connectivity index (χ1v) is 11.7. The minimum atomic E-state index is 0.349. The molecule has 1 atom stereocenters. The molecule has 1 radical (unpaired) electrons. The first-order valence-electron chi connectivity index (χ1n) is 11.4. The van der Waals surface area contributed by atoms with Gasteiger partial charge in [-0.05, 0) is 61.7 Å². The van der Waals surface area contributed by atoms with Crippen LogP contribution in [0.4, 0.5) is 17.2 Å². The van der Waals surface area contributed by atoms with E-state index >= 15 is 0 Å². The molecule has 1 aliphatic heterocycles. The van der Waals surface area contributed by atoms with E-state index < -0.39 is 0 Å². The van der Waals surface area contributed by atoms with Crippen molar-refractivity contribution in [3.63, 3.8) is 0 Å². The van der Waals surface area contributed by atoms with Gasteiger partial charge in [0.15, 0.2) is 5.75 Å². The summed E-state index contributed by atoms with van der Waals surface area (Å²) in [5, 5.41) is 4.78. The van der Waals surface area contributed by atoms with Gasteiger partial charge in [0, 0.05) is 17.9 Å². The van der Waals surface area contributed by atoms with E-state index in [1.165, 1.54) is 12.8 Å². The summed E-state index contributed by atoms with van der Waals surface area (Å²) >= 11 is 6.52. The minimum Gasteiger partial charge on any atom is -0.489 e. The van der Waals surface area contributed by atoms with Crippen LogP contribution in [0.2, 0.25) is 5.02 Å². The average molecular weight is 473 g/mol. The number of anilines is 3. The van der Waals surface area contributed by atoms with Crippen LogP contribution >= 0.6 is 11.6 Å². The van der Waals surface area contributed by atoms with E-state index in [0.29, 0.717) is 35.8 Å². The zero-order valence-corrected chi connectivity index (χ0v) is 19.2. The normalized spacial score (nSPS) is 15.4. The molecule has 6 rings (SSSR count). The van der Waals surface area contributed by atoms with Gasteiger partial charge in [-0.2, -0.15) is 0 Å². The fourth-order valence-corrected chi connectivity index (χ4v) is 4.59. The van der Waals surface area contributed by atoms with Gasteiger partial charge >= 0.3 is 0 Å². The molecule has 4 aromatic rings. The second-order valence-corrected chi connectivity index (χ2v) is 8.74. The van der Waals surface area contributed by atoms with Crippen LogP contribution < -0.4 is 19.7 Å². The van der Waals surface area contributed by atoms with Gasteiger partial charge in [0.1, 0.15) is 31.1 Å². The van der Waals surface area contributed by atoms with E-state index in [-0.39, 0.29) is 0 Å². The number of pyridine rings is 1. The lowest BCUT2D eigenvalue weighted by molar-refractivity contribution is 0.298. The molecule has 7 nitrogen and oxygen atoms in total. The van der Waals surface area contributed by atoms with Crippen molar-refractivity contribution in [3.05, 3.63) is 78.2 Å². The molecule has 3 heterocycles. The highest BCUT2D eigenvalue weighted by atomic mass is 35.5. The van der Waals surface area contributed by atoms with Crippen molar-refractivity contribution in [1.82, 2.24) is 15.0 Å². The van der Waals surface area contributed by atoms with E-state index in [1.54, 1.807) is 12.5 Å². The molecule has 1 aliphatic carbocycles. The number of aromatic nitrogens is 3. The zero-order chi connectivity index (χ0) is 22.9. The van der Waals surface area contributed by atoms with Crippen molar-refractivity contribution in [2.24, 2.45) is 0 Å². The minimum absolute atomic E-state index is 0.349. The molecule has 2 aliphatic rings. The monoisotopic (exact) mass is 472 g/mol. The van der Waals surface area contributed by atoms with Crippen molar-refractivity contribution < 1.29 is 9.47 Å². The van der Waals surface area contributed by atoms with Crippen LogP contribution in [-0.4, -0.2) is 34.1 Å². The smallest absolute Gasteiger partial charge is 0.155 e. The number of benzene rings is 2. The number of ether oxygens (including phenoxy) is 2. The molecule has 8 heteroatoms. The Hall–Kier alpha value is -3.58. The Morgan fingerprint density at radius 3 is 2.85 bits per heavy atom. The molecular formula is C26H23ClN5O2. The van der Waals surface area contributed by atoms with Crippen molar-refractivity contribution in [1.29, 1.82) is 0 Å². The maximum Gasteiger partial charge on any atom is 0.155 e. The summed E-state index contributed by atoms with van der Waals surface area (Å²) < 4.78 is 12.0. The summed E-state index contributed by atoms with van der Waals surface area (Å²) in [6.45, 7) is 1.87. The Bertz CT molecular complexity index is 1330. The summed E-state index contributed by atoms with van der Waals surface area (Å²) in [6, 6.07) is 15.9. The quantitative estimate of drug-likeness (QED) is 0.393. The summed E-state index contributed by atoms with van der Waals surface area (Å²) in [5.74, 6) is 2.10. The lowest BCUT2D eigenvalue weighted by atomic mass is 9.90. The Morgan fingerprint density at radius 1 is 1.12 bits per heavy atom. The SMILES string of the molecule is Clc1cc(Nc2ncnc3ccc4c(c23)OCCN4C2[CH]CC2)ccc1OCc1ccccn1. The molecule has 2 aromatic heterocycles. The van der Waals surface area contributed by atoms with Crippen LogP contribution in [0.3, 0.4) is 0 Å². The van der Waals surface area contributed by atoms with Crippen molar-refractivity contribution >= 4 is 39.7 Å². The number of nitrogens with one attached hydrogen (secondary N) is 1. The van der Waals surface area contributed by atoms with Gasteiger partial charge in [0.2, 0.25) is 0 Å². The zero-order valence-electron chi connectivity index (χ0n) is 18.4. The molecule has 1 saturated carbocycles. The largest absolute Gasteiger partial charge is 0.489 e. The second-order valence-electron chi connectivity index (χ2n) is 8.33. The Kier molecular flexibility index (Phi) is 5.55. The maximum atomic E-state index is 6.52. The molecule has 1 fully saturated rings. The van der Waals surface area contributed by atoms with Crippen LogP contribution in [-0.2, 0) is 6.61 Å². The number of rotatable bonds is 6. The number of hydrogen-bond donors (Lipinski definition) is 1. The summed E-state index contributed by atoms with van der Waals surface area (Å²) in [4.78, 5) is 15.7. The van der Waals surface area contributed by atoms with Crippen molar-refractivity contribution in [2.45, 2.75) is 25.5 Å². The number of hydrogen-bond acceptors (Lipinski definition) is 7. The van der Waals surface area contributed by atoms with Gasteiger partial charge in [-0.3, -0.25) is 4.98 Å². The highest BCUT2D eigenvalue weighted by molar-refractivity contribution is 6.32. The van der Waals surface area contributed by atoms with Gasteiger partial charge in [-0.25, -0.2) is 9.97 Å². The summed E-state index contributed by atoms with van der Waals surface area (Å²) in [7, 11) is 0. The highest BCUT2D eigenvalue weighted by Gasteiger charge is 2.31. The predicted molar refractivity (Wildman–Crippen MR) is 133 cm³/mol. The van der Waals surface area contributed by atoms with Gasteiger partial charge in [0.25, 0.3) is 0 Å². The third-order valence-electron chi connectivity index (χ3n) is 6.22. The topological polar surface area (TPSA) is 72.4 Å². The standard InChI is InChI=1S/C26H23ClN5O2/c27-20-14-17(7-10-23(20)34-15-18-4-1-2-11-28-18)31-26-24-21(29-16-30-26)8-9-22-25(24)33-13-12-32(22)19-5-3-6-19/h1-2,4-5,7-11,14,16,19H,3,6,12-13,15H2,(H,29,30,31). The third-order valence-corrected chi connectivity index (χ3v) is 6.52. The van der Waals surface area contributed by atoms with Gasteiger partial charge in [0.05, 0.1) is 33.9 Å². The van der Waals surface area contributed by atoms with E-state index in [2.05, 4.69) is 37.7 Å². The van der Waals surface area contributed by atoms with Crippen LogP contribution in [0.5, 0.6) is 11.5 Å². The highest BCUT2D eigenvalue weighted by Crippen LogP contribution is 2.44. The first-order chi connectivity index (χ1) is 16.8. The van der Waals surface area contributed by atoms with Crippen molar-refractivity contribution in [2.75, 3.05) is 23.4 Å². The van der Waals surface area contributed by atoms with Crippen LogP contribution in [0.1, 0.15) is 18.5 Å². The molecule has 0 saturated heterocycles. The fourth-order valence-electron chi connectivity index (χ4n) is 4.36. The molecule has 0 spiro atoms. The van der Waals surface area contributed by atoms with Crippen LogP contribution in [0.25, 0.3) is 10.9 Å². The van der Waals surface area contributed by atoms with E-state index in [4.69, 9.17) is 21.1 Å². The molecule has 1 N–H and O–H groups in total. The van der Waals surface area contributed by atoms with E-state index in [9.17, 15) is 0 Å². The average Bonchev–Trinajstić information content (AvgIpc) is 2.83. The molecule has 0 bridgehead atoms. The number of nitrogens with zero attached hydrogens (tertiary/aromatic N) is 4. The predicted octanol–water partition coefficient (Wildman–Crippen LogP) is 5.57. The lowest BCUT2D eigenvalue weighted by Crippen LogP contribution is -2.45. The summed E-state index contributed by atoms with van der Waals surface area (Å²) in [6.07, 6.45) is 8.01. The first kappa shape index (κ1) is 21.0. The third kappa shape index (κ3) is 3.96. The Balaban J connectivity index is 1.28. The van der Waals surface area contributed by atoms with Crippen LogP contribution in [0.15, 0.2) is 61.1 Å². The van der Waals surface area contributed by atoms with E-state index in [1.807, 2.05) is 42.5 Å². The second kappa shape index (κ2) is 8.99. The lowest BCUT2D eigenvalue weighted by Gasteiger charge is -2.42. The number of halogens is 1. The Morgan fingerprint density at radius 2 is 2.06 bits per heavy atom. The molecule has 0 amide bonds. The van der Waals surface area contributed by atoms with E-state index in [0.717, 1.165) is 40.3 Å². The summed E-state index contributed by atoms with van der Waals surface area (Å²) in [5.41, 5.74) is 3.56. The Labute approximate surface area is 202 Å². The maximum absolute atomic E-state index is 6.52. The number of fused-ring (bicyclic) bond motifs is 3.